The number of nitrogens with zero attached hydrogens (tertiary/aromatic N) is 3. The van der Waals surface area contributed by atoms with Crippen LogP contribution in [0.15, 0.2) is 40.9 Å². The van der Waals surface area contributed by atoms with E-state index in [-0.39, 0.29) is 11.5 Å². The largest absolute Gasteiger partial charge is 0.493 e. The summed E-state index contributed by atoms with van der Waals surface area (Å²) in [6.07, 6.45) is 1.36. The number of likely N-dealkylation sites (tertiary alicyclic amines) is 1. The van der Waals surface area contributed by atoms with Gasteiger partial charge in [0.25, 0.3) is 5.91 Å². The maximum atomic E-state index is 13.5. The Bertz CT molecular complexity index is 1090. The second kappa shape index (κ2) is 8.10. The summed E-state index contributed by atoms with van der Waals surface area (Å²) >= 11 is 0. The van der Waals surface area contributed by atoms with Gasteiger partial charge < -0.3 is 18.9 Å². The Morgan fingerprint density at radius 2 is 1.90 bits per heavy atom. The Balaban J connectivity index is 1.59. The fourth-order valence-electron chi connectivity index (χ4n) is 3.52. The molecule has 9 heteroatoms. The fourth-order valence-corrected chi connectivity index (χ4v) is 3.52. The number of carbonyl (C=O) groups is 1. The van der Waals surface area contributed by atoms with Crippen LogP contribution in [0, 0.1) is 11.6 Å². The highest BCUT2D eigenvalue weighted by Gasteiger charge is 2.35. The molecule has 30 heavy (non-hydrogen) atoms. The van der Waals surface area contributed by atoms with Gasteiger partial charge in [0.05, 0.1) is 14.2 Å². The lowest BCUT2D eigenvalue weighted by Gasteiger charge is -2.21. The molecule has 0 saturated carbocycles. The lowest BCUT2D eigenvalue weighted by molar-refractivity contribution is 0.0709. The van der Waals surface area contributed by atoms with Gasteiger partial charge in [-0.15, -0.1) is 0 Å². The Kier molecular flexibility index (Phi) is 5.35. The van der Waals surface area contributed by atoms with E-state index in [1.807, 2.05) is 0 Å². The molecule has 1 fully saturated rings. The number of hydrogen-bond donors (Lipinski definition) is 0. The summed E-state index contributed by atoms with van der Waals surface area (Å²) in [6.45, 7) is 0.455. The molecule has 1 amide bonds. The highest BCUT2D eigenvalue weighted by Crippen LogP contribution is 2.35. The van der Waals surface area contributed by atoms with Crippen LogP contribution >= 0.6 is 0 Å². The Morgan fingerprint density at radius 3 is 2.63 bits per heavy atom. The molecule has 156 valence electrons. The van der Waals surface area contributed by atoms with Gasteiger partial charge >= 0.3 is 0 Å². The van der Waals surface area contributed by atoms with Crippen LogP contribution in [0.3, 0.4) is 0 Å². The van der Waals surface area contributed by atoms with Crippen LogP contribution in [0.2, 0.25) is 0 Å². The lowest BCUT2D eigenvalue weighted by Crippen LogP contribution is -2.30. The second-order valence-electron chi connectivity index (χ2n) is 6.81. The third-order valence-corrected chi connectivity index (χ3v) is 5.05. The van der Waals surface area contributed by atoms with Crippen LogP contribution in [0.1, 0.15) is 35.1 Å². The normalized spacial score (nSPS) is 16.0. The topological polar surface area (TPSA) is 77.7 Å². The Labute approximate surface area is 171 Å². The fraction of sp³-hybridized carbons (Fsp3) is 0.286. The molecule has 0 N–H and O–H groups in total. The molecule has 1 aromatic heterocycles. The van der Waals surface area contributed by atoms with Crippen molar-refractivity contribution in [3.05, 3.63) is 59.5 Å². The molecule has 1 aliphatic heterocycles. The molecule has 2 heterocycles. The molecule has 2 aromatic carbocycles. The molecular weight excluding hydrogens is 396 g/mol. The standard InChI is InChI=1S/C21H19F2N3O4/c1-28-17-8-6-12(11-18(17)29-2)19-24-20(30-25-19)16-4-3-9-26(16)21(27)13-5-7-14(22)15(23)10-13/h5-8,10-11,16H,3-4,9H2,1-2H3/t16-/m1/s1. The van der Waals surface area contributed by atoms with Crippen LogP contribution < -0.4 is 9.47 Å². The summed E-state index contributed by atoms with van der Waals surface area (Å²) in [5.74, 6) is -0.749. The average molecular weight is 415 g/mol. The number of benzene rings is 2. The first-order chi connectivity index (χ1) is 14.5. The zero-order chi connectivity index (χ0) is 21.3. The van der Waals surface area contributed by atoms with E-state index in [2.05, 4.69) is 10.1 Å². The van der Waals surface area contributed by atoms with E-state index in [9.17, 15) is 13.6 Å². The van der Waals surface area contributed by atoms with Gasteiger partial charge in [-0.05, 0) is 49.2 Å². The van der Waals surface area contributed by atoms with Crippen LogP contribution in [0.25, 0.3) is 11.4 Å². The van der Waals surface area contributed by atoms with Crippen molar-refractivity contribution in [2.24, 2.45) is 0 Å². The predicted octanol–water partition coefficient (Wildman–Crippen LogP) is 4.01. The van der Waals surface area contributed by atoms with E-state index >= 15 is 0 Å². The van der Waals surface area contributed by atoms with Crippen molar-refractivity contribution >= 4 is 5.91 Å². The van der Waals surface area contributed by atoms with Gasteiger partial charge in [0.1, 0.15) is 6.04 Å². The number of carbonyl (C=O) groups excluding carboxylic acids is 1. The van der Waals surface area contributed by atoms with Crippen LogP contribution in [-0.4, -0.2) is 41.7 Å². The molecular formula is C21H19F2N3O4. The number of hydrogen-bond acceptors (Lipinski definition) is 6. The third kappa shape index (κ3) is 3.58. The van der Waals surface area contributed by atoms with Crippen molar-refractivity contribution in [2.45, 2.75) is 18.9 Å². The average Bonchev–Trinajstić information content (AvgIpc) is 3.44. The minimum atomic E-state index is -1.06. The smallest absolute Gasteiger partial charge is 0.254 e. The molecule has 1 atom stereocenters. The van der Waals surface area contributed by atoms with Gasteiger partial charge in [0, 0.05) is 17.7 Å². The quantitative estimate of drug-likeness (QED) is 0.627. The predicted molar refractivity (Wildman–Crippen MR) is 102 cm³/mol. The molecule has 0 aliphatic carbocycles. The molecule has 0 bridgehead atoms. The van der Waals surface area contributed by atoms with Crippen molar-refractivity contribution in [2.75, 3.05) is 20.8 Å². The van der Waals surface area contributed by atoms with Crippen molar-refractivity contribution in [1.82, 2.24) is 15.0 Å². The minimum Gasteiger partial charge on any atom is -0.493 e. The summed E-state index contributed by atoms with van der Waals surface area (Å²) in [5.41, 5.74) is 0.736. The highest BCUT2D eigenvalue weighted by molar-refractivity contribution is 5.94. The third-order valence-electron chi connectivity index (χ3n) is 5.05. The van der Waals surface area contributed by atoms with Crippen LogP contribution in [-0.2, 0) is 0 Å². The number of halogens is 2. The summed E-state index contributed by atoms with van der Waals surface area (Å²) in [6, 6.07) is 7.90. The summed E-state index contributed by atoms with van der Waals surface area (Å²) in [7, 11) is 3.08. The SMILES string of the molecule is COc1ccc(-c2noc([C@H]3CCCN3C(=O)c3ccc(F)c(F)c3)n2)cc1OC. The Morgan fingerprint density at radius 1 is 1.10 bits per heavy atom. The van der Waals surface area contributed by atoms with Crippen LogP contribution in [0.4, 0.5) is 8.78 Å². The van der Waals surface area contributed by atoms with Gasteiger partial charge in [0.2, 0.25) is 11.7 Å². The lowest BCUT2D eigenvalue weighted by atomic mass is 10.1. The summed E-state index contributed by atoms with van der Waals surface area (Å²) in [4.78, 5) is 18.8. The summed E-state index contributed by atoms with van der Waals surface area (Å²) in [5, 5.41) is 4.02. The first kappa shape index (κ1) is 19.8. The van der Waals surface area contributed by atoms with Gasteiger partial charge in [0.15, 0.2) is 23.1 Å². The van der Waals surface area contributed by atoms with E-state index in [1.54, 1.807) is 30.2 Å². The van der Waals surface area contributed by atoms with Crippen LogP contribution in [0.5, 0.6) is 11.5 Å². The molecule has 4 rings (SSSR count). The first-order valence-electron chi connectivity index (χ1n) is 9.34. The van der Waals surface area contributed by atoms with Gasteiger partial charge in [-0.1, -0.05) is 5.16 Å². The van der Waals surface area contributed by atoms with Crippen molar-refractivity contribution in [3.63, 3.8) is 0 Å². The molecule has 1 saturated heterocycles. The number of amides is 1. The molecule has 0 radical (unpaired) electrons. The van der Waals surface area contributed by atoms with E-state index in [0.717, 1.165) is 18.6 Å². The van der Waals surface area contributed by atoms with Gasteiger partial charge in [-0.2, -0.15) is 4.98 Å². The molecule has 1 aliphatic rings. The number of methoxy groups -OCH3 is 2. The highest BCUT2D eigenvalue weighted by atomic mass is 19.2. The second-order valence-corrected chi connectivity index (χ2v) is 6.81. The zero-order valence-electron chi connectivity index (χ0n) is 16.4. The monoisotopic (exact) mass is 415 g/mol. The molecule has 3 aromatic rings. The Hall–Kier alpha value is -3.49. The van der Waals surface area contributed by atoms with Crippen molar-refractivity contribution in [3.8, 4) is 22.9 Å². The van der Waals surface area contributed by atoms with Gasteiger partial charge in [-0.3, -0.25) is 4.79 Å². The van der Waals surface area contributed by atoms with Crippen molar-refractivity contribution < 1.29 is 27.6 Å². The maximum Gasteiger partial charge on any atom is 0.254 e. The number of aromatic nitrogens is 2. The van der Waals surface area contributed by atoms with Gasteiger partial charge in [-0.25, -0.2) is 8.78 Å². The molecule has 7 nitrogen and oxygen atoms in total. The van der Waals surface area contributed by atoms with E-state index in [1.165, 1.54) is 13.2 Å². The number of ether oxygens (including phenoxy) is 2. The minimum absolute atomic E-state index is 0.0698. The zero-order valence-corrected chi connectivity index (χ0v) is 16.4. The number of rotatable bonds is 5. The first-order valence-corrected chi connectivity index (χ1v) is 9.34. The van der Waals surface area contributed by atoms with Crippen molar-refractivity contribution in [1.29, 1.82) is 0 Å². The summed E-state index contributed by atoms with van der Waals surface area (Å²) < 4.78 is 42.7. The van der Waals surface area contributed by atoms with E-state index in [4.69, 9.17) is 14.0 Å². The van der Waals surface area contributed by atoms with E-state index < -0.39 is 23.6 Å². The van der Waals surface area contributed by atoms with E-state index in [0.29, 0.717) is 35.9 Å². The molecule has 0 unspecified atom stereocenters. The maximum absolute atomic E-state index is 13.5. The molecule has 0 spiro atoms.